The maximum atomic E-state index is 15.2. The molecule has 54 nitrogen and oxygen atoms in total. The molecule has 2 aromatic rings. The van der Waals surface area contributed by atoms with E-state index in [1.165, 1.54) is 67.4 Å². The molecule has 19 atom stereocenters. The Morgan fingerprint density at radius 2 is 0.799 bits per heavy atom. The number of rotatable bonds is 65. The van der Waals surface area contributed by atoms with Crippen molar-refractivity contribution in [2.24, 2.45) is 46.4 Å². The Morgan fingerprint density at radius 3 is 1.23 bits per heavy atom. The molecule has 144 heavy (non-hydrogen) atoms. The highest BCUT2D eigenvalue weighted by molar-refractivity contribution is 7.98. The monoisotopic (exact) mass is 2110 g/mol. The molecule has 2 saturated heterocycles. The Bertz CT molecular complexity index is 4660. The van der Waals surface area contributed by atoms with Gasteiger partial charge in [0.1, 0.15) is 103 Å². The fourth-order valence-electron chi connectivity index (χ4n) is 15.3. The van der Waals surface area contributed by atoms with Crippen molar-refractivity contribution in [3.8, 4) is 0 Å². The van der Waals surface area contributed by atoms with Crippen LogP contribution in [0.2, 0.25) is 0 Å². The van der Waals surface area contributed by atoms with E-state index in [-0.39, 0.29) is 177 Å². The highest BCUT2D eigenvalue weighted by Crippen LogP contribution is 2.25. The summed E-state index contributed by atoms with van der Waals surface area (Å²) >= 11 is 13.5. The number of thioether (sulfide) groups is 1. The summed E-state index contributed by atoms with van der Waals surface area (Å²) in [6.45, 7) is 11.5. The van der Waals surface area contributed by atoms with Gasteiger partial charge in [-0.2, -0.15) is 49.6 Å². The highest BCUT2D eigenvalue weighted by atomic mass is 32.2. The van der Waals surface area contributed by atoms with E-state index in [4.69, 9.17) is 44.9 Å². The van der Waals surface area contributed by atoms with Crippen molar-refractivity contribution >= 4 is 180 Å². The Morgan fingerprint density at radius 1 is 0.438 bits per heavy atom. The normalized spacial score (nSPS) is 16.9. The lowest BCUT2D eigenvalue weighted by Crippen LogP contribution is -2.63. The van der Waals surface area contributed by atoms with E-state index in [0.29, 0.717) is 11.4 Å². The van der Waals surface area contributed by atoms with E-state index in [1.54, 1.807) is 34.0 Å². The number of aromatic nitrogens is 4. The summed E-state index contributed by atoms with van der Waals surface area (Å²) in [5.41, 5.74) is 28.3. The van der Waals surface area contributed by atoms with Gasteiger partial charge in [-0.15, -0.1) is 0 Å². The number of amides is 18. The minimum absolute atomic E-state index is 0.0128. The van der Waals surface area contributed by atoms with Crippen LogP contribution in [0.4, 0.5) is 0 Å². The molecule has 0 aliphatic carbocycles. The van der Waals surface area contributed by atoms with Crippen LogP contribution in [0.1, 0.15) is 163 Å². The number of hydrogen-bond acceptors (Lipinski definition) is 31. The van der Waals surface area contributed by atoms with Gasteiger partial charge in [-0.05, 0) is 134 Å². The molecule has 0 radical (unpaired) electrons. The SMILES string of the molecule is CSCC[C@H](NC(=O)[C@H](CC(C)C)NC(=O)[C@H](C)NC(=O)[C@H](CCCNC(=N)N)NC(=O)[C@@H]1CCCN1C(=O)[C@H](CC(C)C)NC(=O)[C@H](Cc1cnc[nH]1)NC(=O)[C@@H]1CCCN1C(=O)[C@H](Cc1cnc[nH]1)NC(=O)[C@@H](NC(=O)[C@@H](NC(=O)[C@H](CCCNC(=N)N)NC(=O)[C@H](CS)NC(=O)[C@H](CCC(N)=O)NC(=O)[C@@H](N)CS)C(C)C)[C@@H](C)O)C(=O)N[C@@H](CCCNC(=N)N)C(=O)N[C@@H](CO)C(=O)N[C@@H](CS)C(=O)O. The Kier molecular flexibility index (Phi) is 54.6. The van der Waals surface area contributed by atoms with Gasteiger partial charge in [-0.1, -0.05) is 41.5 Å². The topological polar surface area (TPSA) is 867 Å². The number of imidazole rings is 2. The molecule has 4 heterocycles. The van der Waals surface area contributed by atoms with E-state index in [9.17, 15) is 92.0 Å². The second-order valence-corrected chi connectivity index (χ2v) is 38.1. The van der Waals surface area contributed by atoms with Gasteiger partial charge < -0.3 is 159 Å². The average Bonchev–Trinajstić information content (AvgIpc) is 1.63. The van der Waals surface area contributed by atoms with Crippen LogP contribution in [0, 0.1) is 34.0 Å². The molecule has 58 heteroatoms. The maximum Gasteiger partial charge on any atom is 0.327 e. The van der Waals surface area contributed by atoms with Gasteiger partial charge in [0, 0.05) is 93.0 Å². The van der Waals surface area contributed by atoms with Crippen molar-refractivity contribution in [1.29, 1.82) is 16.2 Å². The van der Waals surface area contributed by atoms with Crippen molar-refractivity contribution in [2.75, 3.05) is 68.6 Å². The summed E-state index contributed by atoms with van der Waals surface area (Å²) < 4.78 is 0. The highest BCUT2D eigenvalue weighted by Gasteiger charge is 2.45. The fraction of sp³-hybridized carbons (Fsp3) is 0.674. The number of H-pyrrole nitrogens is 2. The predicted octanol–water partition coefficient (Wildman–Crippen LogP) is -9.68. The molecule has 2 aliphatic rings. The summed E-state index contributed by atoms with van der Waals surface area (Å²) in [4.78, 5) is 284. The van der Waals surface area contributed by atoms with Gasteiger partial charge in [-0.3, -0.25) is 103 Å². The van der Waals surface area contributed by atoms with Crippen molar-refractivity contribution in [3.05, 3.63) is 36.4 Å². The standard InChI is InChI=1S/C86H146N32O22S4/c1-41(2)29-54(73(129)106-53(22-28-144-9)71(127)104-50(16-11-24-98-85(91)92)69(125)112-58(35-119)75(131)114-60(38-143)83(139)140)108-66(122)44(7)102-68(124)49(15-10-23-97-84(89)90)107-77(133)61-18-13-26-117(61)81(137)56(30-42(3)4)110-74(130)55(31-46-33-95-39-100-46)109-78(134)62-19-14-27-118(62)82(138)57(32-47-34-96-40-101-47)111-80(136)65(45(8)120)116-79(135)64(43(5)6)115-72(128)51(17-12-25-99-86(93)94)105-76(132)59(37-142)113-70(126)52(20-21-63(88)121)103-67(123)48(87)36-141/h33-34,39-45,48-62,64-65,119-120,141-143H,10-32,35-38,87H2,1-9H3,(H2,88,121)(H,95,100)(H,96,101)(H,102,124)(H,103,123)(H,104,127)(H,105,132)(H,106,129)(H,107,133)(H,108,122)(H,109,134)(H,110,130)(H,111,136)(H,112,125)(H,113,126)(H,114,131)(H,115,128)(H,116,135)(H,139,140)(H4,89,90,97)(H4,91,92,98)(H4,93,94,99)/t44-,45+,48-,49-,50-,51-,52-,53-,54-,55-,56-,57-,58-,59-,60-,61-,62-,64-,65-/m0/s1. The summed E-state index contributed by atoms with van der Waals surface area (Å²) in [5.74, 6) is -21.1. The van der Waals surface area contributed by atoms with Crippen LogP contribution in [0.3, 0.4) is 0 Å². The number of primary amides is 1. The van der Waals surface area contributed by atoms with Crippen molar-refractivity contribution in [2.45, 2.75) is 279 Å². The molecule has 4 rings (SSSR count). The quantitative estimate of drug-likeness (QED) is 0.0127. The zero-order chi connectivity index (χ0) is 108. The number of carboxylic acid groups (broad SMARTS) is 1. The third-order valence-electron chi connectivity index (χ3n) is 23.0. The van der Waals surface area contributed by atoms with Crippen LogP contribution in [-0.2, 0) is 104 Å². The molecule has 2 fully saturated rings. The zero-order valence-corrected chi connectivity index (χ0v) is 85.6. The molecular formula is C86H146N32O22S4. The van der Waals surface area contributed by atoms with Gasteiger partial charge in [0.2, 0.25) is 106 Å². The van der Waals surface area contributed by atoms with Crippen LogP contribution in [-0.4, -0.2) is 359 Å². The third-order valence-corrected chi connectivity index (χ3v) is 24.7. The van der Waals surface area contributed by atoms with E-state index in [2.05, 4.69) is 154 Å². The first-order chi connectivity index (χ1) is 68.0. The summed E-state index contributed by atoms with van der Waals surface area (Å²) in [5, 5.41) is 99.8. The number of aliphatic hydroxyl groups excluding tert-OH is 2. The van der Waals surface area contributed by atoms with Gasteiger partial charge in [-0.25, -0.2) is 14.8 Å². The van der Waals surface area contributed by atoms with Crippen molar-refractivity contribution < 1.29 is 106 Å². The Balaban J connectivity index is 1.58. The second-order valence-electron chi connectivity index (χ2n) is 36.0. The number of carbonyl (C=O) groups excluding carboxylic acids is 18. The molecule has 2 aliphatic heterocycles. The zero-order valence-electron chi connectivity index (χ0n) is 82.1. The lowest BCUT2D eigenvalue weighted by atomic mass is 10.0. The number of likely N-dealkylation sites (tertiary alicyclic amines) is 2. The molecule has 2 aromatic heterocycles. The molecular weight excluding hydrogens is 1960 g/mol. The summed E-state index contributed by atoms with van der Waals surface area (Å²) in [6.07, 6.45) is 4.30. The number of nitrogens with zero attached hydrogens (tertiary/aromatic N) is 4. The fourth-order valence-corrected chi connectivity index (χ4v) is 16.4. The largest absolute Gasteiger partial charge is 0.480 e. The lowest BCUT2D eigenvalue weighted by Gasteiger charge is -2.32. The maximum absolute atomic E-state index is 15.2. The molecule has 0 unspecified atom stereocenters. The minimum atomic E-state index is -1.87. The van der Waals surface area contributed by atoms with E-state index < -0.39 is 258 Å². The number of aliphatic hydroxyl groups is 2. The van der Waals surface area contributed by atoms with Crippen LogP contribution in [0.15, 0.2) is 25.0 Å². The van der Waals surface area contributed by atoms with Gasteiger partial charge in [0.05, 0.1) is 31.4 Å². The van der Waals surface area contributed by atoms with Crippen molar-refractivity contribution in [1.82, 2.24) is 125 Å². The van der Waals surface area contributed by atoms with E-state index in [0.717, 1.165) is 6.92 Å². The molecule has 18 amide bonds. The third kappa shape index (κ3) is 42.8. The van der Waals surface area contributed by atoms with E-state index >= 15 is 14.4 Å². The lowest BCUT2D eigenvalue weighted by molar-refractivity contribution is -0.144. The summed E-state index contributed by atoms with van der Waals surface area (Å²) in [6, 6.07) is -26.5. The predicted molar refractivity (Wildman–Crippen MR) is 537 cm³/mol. The Labute approximate surface area is 854 Å². The molecule has 806 valence electrons. The number of nitrogens with two attached hydrogens (primary N) is 5. The number of guanidine groups is 3. The smallest absolute Gasteiger partial charge is 0.327 e. The second kappa shape index (κ2) is 63.6. The molecule has 0 spiro atoms. The first-order valence-corrected chi connectivity index (χ1v) is 50.5. The van der Waals surface area contributed by atoms with Gasteiger partial charge in [0.15, 0.2) is 17.9 Å². The average molecular weight is 2110 g/mol. The van der Waals surface area contributed by atoms with Crippen LogP contribution < -0.4 is 124 Å². The number of aliphatic carboxylic acids is 1. The van der Waals surface area contributed by atoms with Crippen molar-refractivity contribution in [3.63, 3.8) is 0 Å². The molecule has 0 saturated carbocycles. The van der Waals surface area contributed by atoms with Gasteiger partial charge in [0.25, 0.3) is 0 Å². The van der Waals surface area contributed by atoms with Crippen LogP contribution >= 0.6 is 49.6 Å². The number of thiol groups is 3. The van der Waals surface area contributed by atoms with Gasteiger partial charge >= 0.3 is 5.97 Å². The number of hydrogen-bond donors (Lipinski definition) is 34. The van der Waals surface area contributed by atoms with E-state index in [1.807, 2.05) is 0 Å². The first kappa shape index (κ1) is 124. The van der Waals surface area contributed by atoms with Crippen LogP contribution in [0.5, 0.6) is 0 Å². The molecule has 0 bridgehead atoms. The Hall–Kier alpha value is -12.6. The summed E-state index contributed by atoms with van der Waals surface area (Å²) in [7, 11) is 0. The number of nitrogens with one attached hydrogen (secondary N) is 23. The molecule has 0 aromatic carbocycles. The number of carboxylic acids is 1. The number of carbonyl (C=O) groups is 19. The first-order valence-electron chi connectivity index (χ1n) is 47.2. The number of aromatic amines is 2. The minimum Gasteiger partial charge on any atom is -0.480 e. The molecule has 36 N–H and O–H groups in total. The van der Waals surface area contributed by atoms with Crippen LogP contribution in [0.25, 0.3) is 0 Å².